The van der Waals surface area contributed by atoms with Crippen LogP contribution in [0.2, 0.25) is 0 Å². The third kappa shape index (κ3) is 18.6. The lowest BCUT2D eigenvalue weighted by Gasteiger charge is -2.26. The highest BCUT2D eigenvalue weighted by Crippen LogP contribution is 1.97. The van der Waals surface area contributed by atoms with Gasteiger partial charge >= 0.3 is 5.97 Å². The first kappa shape index (κ1) is 17.3. The number of aliphatic hydroxyl groups excluding tert-OH is 1. The largest absolute Gasteiger partial charge is 0.550 e. The molecule has 0 aliphatic rings. The molecule has 0 aromatic heterocycles. The Hall–Kier alpha value is -1.14. The maximum atomic E-state index is 10.0. The molecule has 16 heavy (non-hydrogen) atoms. The van der Waals surface area contributed by atoms with Gasteiger partial charge in [0.1, 0.15) is 12.6 Å². The zero-order chi connectivity index (χ0) is 13.4. The molecular weight excluding hydrogens is 214 g/mol. The van der Waals surface area contributed by atoms with Gasteiger partial charge < -0.3 is 24.6 Å². The second-order valence-corrected chi connectivity index (χ2v) is 4.45. The Balaban J connectivity index is 0. The van der Waals surface area contributed by atoms with Gasteiger partial charge in [-0.1, -0.05) is 6.92 Å². The summed E-state index contributed by atoms with van der Waals surface area (Å²) in [6.07, 6.45) is -0.866. The van der Waals surface area contributed by atoms with Gasteiger partial charge in [-0.2, -0.15) is 0 Å². The van der Waals surface area contributed by atoms with Crippen LogP contribution >= 0.6 is 0 Å². The summed E-state index contributed by atoms with van der Waals surface area (Å²) in [6, 6.07) is 0. The molecule has 0 aromatic rings. The molecule has 0 heterocycles. The van der Waals surface area contributed by atoms with E-state index in [4.69, 9.17) is 10.2 Å². The highest BCUT2D eigenvalue weighted by Gasteiger charge is 2.14. The van der Waals surface area contributed by atoms with Crippen LogP contribution in [0.4, 0.5) is 0 Å². The summed E-state index contributed by atoms with van der Waals surface area (Å²) >= 11 is 0. The summed E-state index contributed by atoms with van der Waals surface area (Å²) in [7, 11) is 5.66. The lowest BCUT2D eigenvalue weighted by molar-refractivity contribution is -0.873. The molecule has 0 spiro atoms. The number of carboxylic acids is 2. The van der Waals surface area contributed by atoms with Crippen molar-refractivity contribution in [1.82, 2.24) is 0 Å². The SMILES string of the molecule is CCC(=O)O.C[N+](C)(C)CC(O)CC(=O)[O-]. The molecule has 0 bridgehead atoms. The first-order chi connectivity index (χ1) is 7.08. The number of aliphatic hydroxyl groups is 1. The van der Waals surface area contributed by atoms with Crippen LogP contribution in [0, 0.1) is 0 Å². The Labute approximate surface area is 95.7 Å². The van der Waals surface area contributed by atoms with Gasteiger partial charge in [-0.3, -0.25) is 4.79 Å². The molecule has 0 saturated carbocycles. The fourth-order valence-electron chi connectivity index (χ4n) is 0.889. The molecule has 96 valence electrons. The first-order valence-corrected chi connectivity index (χ1v) is 4.98. The smallest absolute Gasteiger partial charge is 0.303 e. The maximum Gasteiger partial charge on any atom is 0.303 e. The molecule has 2 N–H and O–H groups in total. The van der Waals surface area contributed by atoms with Crippen LogP contribution < -0.4 is 5.11 Å². The van der Waals surface area contributed by atoms with Crippen LogP contribution in [-0.4, -0.2) is 60.4 Å². The van der Waals surface area contributed by atoms with Gasteiger partial charge in [-0.15, -0.1) is 0 Å². The number of hydrogen-bond donors (Lipinski definition) is 2. The lowest BCUT2D eigenvalue weighted by atomic mass is 10.2. The Morgan fingerprint density at radius 1 is 1.31 bits per heavy atom. The fraction of sp³-hybridized carbons (Fsp3) is 0.800. The molecule has 0 aromatic carbocycles. The quantitative estimate of drug-likeness (QED) is 0.576. The average molecular weight is 235 g/mol. The van der Waals surface area contributed by atoms with Crippen molar-refractivity contribution in [2.45, 2.75) is 25.9 Å². The van der Waals surface area contributed by atoms with Gasteiger partial charge in [0, 0.05) is 18.8 Å². The van der Waals surface area contributed by atoms with E-state index in [0.717, 1.165) is 0 Å². The molecule has 0 amide bonds. The molecule has 1 unspecified atom stereocenters. The minimum Gasteiger partial charge on any atom is -0.550 e. The third-order valence-corrected chi connectivity index (χ3v) is 1.46. The lowest BCUT2D eigenvalue weighted by Crippen LogP contribution is -2.43. The molecule has 0 radical (unpaired) electrons. The number of nitrogens with zero attached hydrogens (tertiary/aromatic N) is 1. The molecule has 6 heteroatoms. The third-order valence-electron chi connectivity index (χ3n) is 1.46. The van der Waals surface area contributed by atoms with Crippen LogP contribution in [0.3, 0.4) is 0 Å². The van der Waals surface area contributed by atoms with E-state index in [2.05, 4.69) is 0 Å². The second-order valence-electron chi connectivity index (χ2n) is 4.45. The van der Waals surface area contributed by atoms with E-state index >= 15 is 0 Å². The van der Waals surface area contributed by atoms with E-state index in [1.165, 1.54) is 0 Å². The standard InChI is InChI=1S/C7H15NO3.C3H6O2/c1-8(2,3)5-6(9)4-7(10)11;1-2-3(4)5/h6,9H,4-5H2,1-3H3;2H2,1H3,(H,4,5). The first-order valence-electron chi connectivity index (χ1n) is 4.98. The number of carbonyl (C=O) groups is 2. The maximum absolute atomic E-state index is 10.0. The second kappa shape index (κ2) is 8.06. The summed E-state index contributed by atoms with van der Waals surface area (Å²) in [4.78, 5) is 19.4. The van der Waals surface area contributed by atoms with Gasteiger partial charge in [0.25, 0.3) is 0 Å². The van der Waals surface area contributed by atoms with Crippen molar-refractivity contribution >= 4 is 11.9 Å². The highest BCUT2D eigenvalue weighted by atomic mass is 16.4. The molecule has 0 saturated heterocycles. The van der Waals surface area contributed by atoms with Crippen LogP contribution in [0.25, 0.3) is 0 Å². The summed E-state index contributed by atoms with van der Waals surface area (Å²) in [5, 5.41) is 26.9. The highest BCUT2D eigenvalue weighted by molar-refractivity contribution is 5.66. The van der Waals surface area contributed by atoms with E-state index in [-0.39, 0.29) is 12.8 Å². The van der Waals surface area contributed by atoms with Crippen molar-refractivity contribution < 1.29 is 29.4 Å². The van der Waals surface area contributed by atoms with Crippen molar-refractivity contribution in [3.63, 3.8) is 0 Å². The minimum absolute atomic E-state index is 0.222. The van der Waals surface area contributed by atoms with Crippen LogP contribution in [0.15, 0.2) is 0 Å². The van der Waals surface area contributed by atoms with Crippen molar-refractivity contribution in [3.05, 3.63) is 0 Å². The van der Waals surface area contributed by atoms with E-state index in [1.54, 1.807) is 6.92 Å². The predicted molar refractivity (Wildman–Crippen MR) is 56.5 cm³/mol. The van der Waals surface area contributed by atoms with Gasteiger partial charge in [0.15, 0.2) is 0 Å². The fourth-order valence-corrected chi connectivity index (χ4v) is 0.889. The zero-order valence-corrected chi connectivity index (χ0v) is 10.3. The van der Waals surface area contributed by atoms with Crippen molar-refractivity contribution in [1.29, 1.82) is 0 Å². The molecule has 0 rings (SSSR count). The number of hydrogen-bond acceptors (Lipinski definition) is 4. The summed E-state index contributed by atoms with van der Waals surface area (Å²) in [5.74, 6) is -1.95. The normalized spacial score (nSPS) is 12.3. The van der Waals surface area contributed by atoms with Crippen molar-refractivity contribution in [3.8, 4) is 0 Å². The van der Waals surface area contributed by atoms with E-state index in [1.807, 2.05) is 21.1 Å². The Morgan fingerprint density at radius 2 is 1.69 bits per heavy atom. The predicted octanol–water partition coefficient (Wildman–Crippen LogP) is -1.33. The summed E-state index contributed by atoms with van der Waals surface area (Å²) in [5.41, 5.74) is 0. The van der Waals surface area contributed by atoms with Crippen LogP contribution in [0.5, 0.6) is 0 Å². The Bertz CT molecular complexity index is 222. The molecular formula is C10H21NO5. The number of carbonyl (C=O) groups excluding carboxylic acids is 1. The number of aliphatic carboxylic acids is 2. The summed E-state index contributed by atoms with van der Waals surface area (Å²) < 4.78 is 0.550. The molecule has 0 aliphatic heterocycles. The monoisotopic (exact) mass is 235 g/mol. The van der Waals surface area contributed by atoms with Crippen LogP contribution in [-0.2, 0) is 9.59 Å². The minimum atomic E-state index is -1.20. The number of quaternary nitrogens is 1. The molecule has 6 nitrogen and oxygen atoms in total. The molecule has 0 aliphatic carbocycles. The number of carboxylic acid groups (broad SMARTS) is 2. The Kier molecular flexibility index (Phi) is 8.70. The van der Waals surface area contributed by atoms with Crippen molar-refractivity contribution in [2.24, 2.45) is 0 Å². The van der Waals surface area contributed by atoms with Gasteiger partial charge in [-0.25, -0.2) is 0 Å². The topological polar surface area (TPSA) is 97.7 Å². The number of rotatable bonds is 5. The van der Waals surface area contributed by atoms with E-state index in [0.29, 0.717) is 11.0 Å². The molecule has 1 atom stereocenters. The molecule has 0 fully saturated rings. The average Bonchev–Trinajstić information content (AvgIpc) is 1.99. The van der Waals surface area contributed by atoms with Crippen molar-refractivity contribution in [2.75, 3.05) is 27.7 Å². The van der Waals surface area contributed by atoms with Gasteiger partial charge in [0.2, 0.25) is 0 Å². The van der Waals surface area contributed by atoms with E-state index in [9.17, 15) is 14.7 Å². The van der Waals surface area contributed by atoms with Crippen LogP contribution in [0.1, 0.15) is 19.8 Å². The summed E-state index contributed by atoms with van der Waals surface area (Å²) in [6.45, 7) is 2.02. The number of likely N-dealkylation sites (N-methyl/N-ethyl adjacent to an activating group) is 1. The van der Waals surface area contributed by atoms with E-state index < -0.39 is 18.0 Å². The van der Waals surface area contributed by atoms with Gasteiger partial charge in [-0.05, 0) is 0 Å². The Morgan fingerprint density at radius 3 is 1.88 bits per heavy atom. The van der Waals surface area contributed by atoms with Gasteiger partial charge in [0.05, 0.1) is 21.1 Å². The zero-order valence-electron chi connectivity index (χ0n) is 10.3.